The Balaban J connectivity index is 1.72. The van der Waals surface area contributed by atoms with E-state index >= 15 is 0 Å². The van der Waals surface area contributed by atoms with Crippen molar-refractivity contribution in [3.8, 4) is 17.6 Å². The topological polar surface area (TPSA) is 38.3 Å². The number of carbonyl (C=O) groups is 1. The third-order valence-corrected chi connectivity index (χ3v) is 4.11. The average Bonchev–Trinajstić information content (AvgIpc) is 3.14. The Morgan fingerprint density at radius 3 is 2.58 bits per heavy atom. The molecule has 118 valence electrons. The van der Waals surface area contributed by atoms with E-state index in [1.54, 1.807) is 42.7 Å². The Morgan fingerprint density at radius 1 is 1.04 bits per heavy atom. The van der Waals surface area contributed by atoms with E-state index in [1.165, 1.54) is 0 Å². The fourth-order valence-corrected chi connectivity index (χ4v) is 2.67. The lowest BCUT2D eigenvalue weighted by Crippen LogP contribution is -2.11. The summed E-state index contributed by atoms with van der Waals surface area (Å²) in [4.78, 5) is 13.3. The summed E-state index contributed by atoms with van der Waals surface area (Å²) in [6, 6.07) is 18.4. The number of rotatable bonds is 3. The molecule has 0 aliphatic rings. The minimum atomic E-state index is -0.166. The second kappa shape index (κ2) is 7.49. The highest BCUT2D eigenvalue weighted by atomic mass is 32.1. The van der Waals surface area contributed by atoms with Crippen LogP contribution in [0.5, 0.6) is 5.75 Å². The molecule has 4 heteroatoms. The number of hydrogen-bond acceptors (Lipinski definition) is 3. The first-order valence-corrected chi connectivity index (χ1v) is 8.23. The zero-order valence-corrected chi connectivity index (χ0v) is 13.9. The molecular weight excluding hydrogens is 318 g/mol. The van der Waals surface area contributed by atoms with Crippen molar-refractivity contribution in [2.45, 2.75) is 0 Å². The fourth-order valence-electron chi connectivity index (χ4n) is 2.10. The van der Waals surface area contributed by atoms with E-state index < -0.39 is 0 Å². The average molecular weight is 333 g/mol. The van der Waals surface area contributed by atoms with Crippen LogP contribution in [0.4, 0.5) is 5.69 Å². The zero-order chi connectivity index (χ0) is 16.8. The summed E-state index contributed by atoms with van der Waals surface area (Å²) >= 11 is 1.60. The summed E-state index contributed by atoms with van der Waals surface area (Å²) in [6.45, 7) is 0. The van der Waals surface area contributed by atoms with Gasteiger partial charge in [0.2, 0.25) is 0 Å². The normalized spacial score (nSPS) is 9.71. The molecule has 0 unspecified atom stereocenters. The van der Waals surface area contributed by atoms with Crippen molar-refractivity contribution in [1.82, 2.24) is 0 Å². The molecule has 0 radical (unpaired) electrons. The lowest BCUT2D eigenvalue weighted by Gasteiger charge is -2.06. The number of methoxy groups -OCH3 is 1. The van der Waals surface area contributed by atoms with Crippen LogP contribution in [-0.2, 0) is 0 Å². The van der Waals surface area contributed by atoms with E-state index in [2.05, 4.69) is 17.2 Å². The van der Waals surface area contributed by atoms with Crippen molar-refractivity contribution in [2.75, 3.05) is 12.4 Å². The summed E-state index contributed by atoms with van der Waals surface area (Å²) in [5, 5.41) is 4.88. The number of anilines is 1. The second-order valence-corrected chi connectivity index (χ2v) is 5.94. The Kier molecular flexibility index (Phi) is 4.95. The predicted octanol–water partition coefficient (Wildman–Crippen LogP) is 4.41. The molecule has 0 atom stereocenters. The molecule has 3 aromatic rings. The van der Waals surface area contributed by atoms with Crippen molar-refractivity contribution in [3.63, 3.8) is 0 Å². The molecule has 1 amide bonds. The molecule has 0 spiro atoms. The number of nitrogens with one attached hydrogen (secondary N) is 1. The van der Waals surface area contributed by atoms with Gasteiger partial charge in [0, 0.05) is 16.8 Å². The van der Waals surface area contributed by atoms with Gasteiger partial charge in [-0.2, -0.15) is 0 Å². The number of thiophene rings is 1. The summed E-state index contributed by atoms with van der Waals surface area (Å²) in [5.41, 5.74) is 2.15. The van der Waals surface area contributed by atoms with Crippen LogP contribution in [0.3, 0.4) is 0 Å². The first-order chi connectivity index (χ1) is 11.7. The van der Waals surface area contributed by atoms with Gasteiger partial charge in [-0.3, -0.25) is 4.79 Å². The number of carbonyl (C=O) groups excluding carboxylic acids is 1. The van der Waals surface area contributed by atoms with E-state index in [4.69, 9.17) is 4.74 Å². The second-order valence-electron chi connectivity index (χ2n) is 4.99. The first kappa shape index (κ1) is 15.9. The van der Waals surface area contributed by atoms with E-state index in [0.717, 1.165) is 16.2 Å². The highest BCUT2D eigenvalue weighted by molar-refractivity contribution is 7.10. The van der Waals surface area contributed by atoms with E-state index in [-0.39, 0.29) is 5.91 Å². The van der Waals surface area contributed by atoms with Gasteiger partial charge in [0.15, 0.2) is 0 Å². The quantitative estimate of drug-likeness (QED) is 0.721. The first-order valence-electron chi connectivity index (χ1n) is 7.35. The molecule has 0 aliphatic carbocycles. The molecule has 0 bridgehead atoms. The van der Waals surface area contributed by atoms with Gasteiger partial charge >= 0.3 is 0 Å². The van der Waals surface area contributed by atoms with Crippen molar-refractivity contribution >= 4 is 22.9 Å². The van der Waals surface area contributed by atoms with Crippen LogP contribution < -0.4 is 10.1 Å². The van der Waals surface area contributed by atoms with Crippen molar-refractivity contribution < 1.29 is 9.53 Å². The van der Waals surface area contributed by atoms with Gasteiger partial charge in [0.1, 0.15) is 5.75 Å². The maximum Gasteiger partial charge on any atom is 0.255 e. The lowest BCUT2D eigenvalue weighted by atomic mass is 10.1. The molecule has 0 saturated carbocycles. The third kappa shape index (κ3) is 4.03. The molecule has 2 aromatic carbocycles. The molecule has 0 saturated heterocycles. The van der Waals surface area contributed by atoms with Crippen molar-refractivity contribution in [3.05, 3.63) is 82.0 Å². The van der Waals surface area contributed by atoms with Crippen LogP contribution in [-0.4, -0.2) is 13.0 Å². The molecule has 0 fully saturated rings. The van der Waals surface area contributed by atoms with E-state index in [1.807, 2.05) is 41.8 Å². The Labute approximate surface area is 144 Å². The Bertz CT molecular complexity index is 887. The molecule has 3 nitrogen and oxygen atoms in total. The minimum absolute atomic E-state index is 0.166. The summed E-state index contributed by atoms with van der Waals surface area (Å²) < 4.78 is 5.09. The van der Waals surface area contributed by atoms with Crippen molar-refractivity contribution in [1.29, 1.82) is 0 Å². The Hall–Kier alpha value is -3.03. The van der Waals surface area contributed by atoms with E-state index in [0.29, 0.717) is 11.3 Å². The van der Waals surface area contributed by atoms with Crippen molar-refractivity contribution in [2.24, 2.45) is 0 Å². The van der Waals surface area contributed by atoms with Crippen LogP contribution in [0.1, 0.15) is 20.8 Å². The number of ether oxygens (including phenoxy) is 1. The van der Waals surface area contributed by atoms with Gasteiger partial charge in [0.05, 0.1) is 12.0 Å². The largest absolute Gasteiger partial charge is 0.497 e. The summed E-state index contributed by atoms with van der Waals surface area (Å²) in [6.07, 6.45) is 0. The molecule has 1 heterocycles. The SMILES string of the molecule is COc1ccc(C(=O)Nc2cccc(C#Cc3cccs3)c2)cc1. The van der Waals surface area contributed by atoms with Gasteiger partial charge in [0.25, 0.3) is 5.91 Å². The summed E-state index contributed by atoms with van der Waals surface area (Å²) in [5.74, 6) is 6.77. The molecule has 0 aliphatic heterocycles. The standard InChI is InChI=1S/C20H15NO2S/c1-23-18-10-8-16(9-11-18)20(22)21-17-5-2-4-15(14-17)7-12-19-6-3-13-24-19/h2-6,8-11,13-14H,1H3,(H,21,22). The Morgan fingerprint density at radius 2 is 1.88 bits per heavy atom. The lowest BCUT2D eigenvalue weighted by molar-refractivity contribution is 0.102. The predicted molar refractivity (Wildman–Crippen MR) is 97.7 cm³/mol. The monoisotopic (exact) mass is 333 g/mol. The van der Waals surface area contributed by atoms with Crippen LogP contribution >= 0.6 is 11.3 Å². The third-order valence-electron chi connectivity index (χ3n) is 3.32. The smallest absolute Gasteiger partial charge is 0.255 e. The van der Waals surface area contributed by atoms with E-state index in [9.17, 15) is 4.79 Å². The molecule has 24 heavy (non-hydrogen) atoms. The molecule has 1 N–H and O–H groups in total. The molecule has 1 aromatic heterocycles. The van der Waals surface area contributed by atoms with Crippen LogP contribution in [0.15, 0.2) is 66.0 Å². The number of hydrogen-bond donors (Lipinski definition) is 1. The van der Waals surface area contributed by atoms with Gasteiger partial charge in [-0.1, -0.05) is 24.0 Å². The highest BCUT2D eigenvalue weighted by Crippen LogP contribution is 2.15. The van der Waals surface area contributed by atoms with Gasteiger partial charge in [-0.15, -0.1) is 11.3 Å². The zero-order valence-electron chi connectivity index (χ0n) is 13.1. The fraction of sp³-hybridized carbons (Fsp3) is 0.0500. The number of benzene rings is 2. The molecule has 3 rings (SSSR count). The molecular formula is C20H15NO2S. The van der Waals surface area contributed by atoms with Gasteiger partial charge < -0.3 is 10.1 Å². The highest BCUT2D eigenvalue weighted by Gasteiger charge is 2.06. The van der Waals surface area contributed by atoms with Gasteiger partial charge in [-0.05, 0) is 53.9 Å². The summed E-state index contributed by atoms with van der Waals surface area (Å²) in [7, 11) is 1.60. The minimum Gasteiger partial charge on any atom is -0.497 e. The maximum absolute atomic E-state index is 12.3. The maximum atomic E-state index is 12.3. The number of amides is 1. The van der Waals surface area contributed by atoms with Gasteiger partial charge in [-0.25, -0.2) is 0 Å². The van der Waals surface area contributed by atoms with Crippen LogP contribution in [0.25, 0.3) is 0 Å². The van der Waals surface area contributed by atoms with Crippen LogP contribution in [0, 0.1) is 11.8 Å². The van der Waals surface area contributed by atoms with Crippen LogP contribution in [0.2, 0.25) is 0 Å².